The fraction of sp³-hybridized carbons (Fsp3) is 0.615. The molecule has 0 aromatic rings. The highest BCUT2D eigenvalue weighted by atomic mass is 32.1. The Hall–Kier alpha value is -0.940. The van der Waals surface area contributed by atoms with Crippen LogP contribution in [0.5, 0.6) is 0 Å². The number of carbonyl (C=O) groups excluding carboxylic acids is 1. The van der Waals surface area contributed by atoms with E-state index in [4.69, 9.17) is 4.74 Å². The molecule has 2 atom stereocenters. The molecule has 1 aliphatic rings. The number of amides is 1. The van der Waals surface area contributed by atoms with Crippen molar-refractivity contribution < 1.29 is 9.53 Å². The molecule has 0 radical (unpaired) electrons. The second-order valence-electron chi connectivity index (χ2n) is 4.67. The van der Waals surface area contributed by atoms with Gasteiger partial charge >= 0.3 is 6.09 Å². The summed E-state index contributed by atoms with van der Waals surface area (Å²) in [6.45, 7) is 5.28. The van der Waals surface area contributed by atoms with Gasteiger partial charge in [0.25, 0.3) is 0 Å². The van der Waals surface area contributed by atoms with E-state index in [0.717, 1.165) is 13.0 Å². The maximum atomic E-state index is 11.8. The first-order valence-corrected chi connectivity index (χ1v) is 6.60. The quantitative estimate of drug-likeness (QED) is 0.611. The summed E-state index contributed by atoms with van der Waals surface area (Å²) in [6.07, 6.45) is 6.29. The summed E-state index contributed by atoms with van der Waals surface area (Å²) in [7, 11) is 4.02. The SMILES string of the molecule is C=CCOC(=O)N1CC(S)CC1/C=C\CN(C)C. The lowest BCUT2D eigenvalue weighted by Gasteiger charge is -2.21. The molecule has 0 aliphatic carbocycles. The minimum Gasteiger partial charge on any atom is -0.445 e. The van der Waals surface area contributed by atoms with Gasteiger partial charge in [0, 0.05) is 18.3 Å². The third kappa shape index (κ3) is 4.74. The van der Waals surface area contributed by atoms with Crippen LogP contribution in [-0.4, -0.2) is 61.0 Å². The first-order chi connectivity index (χ1) is 8.54. The van der Waals surface area contributed by atoms with Gasteiger partial charge in [-0.25, -0.2) is 4.79 Å². The number of thiol groups is 1. The molecule has 0 aromatic heterocycles. The van der Waals surface area contributed by atoms with Crippen molar-refractivity contribution in [2.75, 3.05) is 33.8 Å². The molecule has 0 N–H and O–H groups in total. The molecule has 4 nitrogen and oxygen atoms in total. The molecule has 18 heavy (non-hydrogen) atoms. The lowest BCUT2D eigenvalue weighted by Crippen LogP contribution is -2.35. The number of likely N-dealkylation sites (N-methyl/N-ethyl adjacent to an activating group) is 1. The van der Waals surface area contributed by atoms with Crippen molar-refractivity contribution in [3.05, 3.63) is 24.8 Å². The van der Waals surface area contributed by atoms with E-state index in [9.17, 15) is 4.79 Å². The van der Waals surface area contributed by atoms with E-state index < -0.39 is 0 Å². The van der Waals surface area contributed by atoms with Gasteiger partial charge in [-0.15, -0.1) is 0 Å². The zero-order valence-electron chi connectivity index (χ0n) is 11.1. The van der Waals surface area contributed by atoms with Crippen LogP contribution in [0.15, 0.2) is 24.8 Å². The summed E-state index contributed by atoms with van der Waals surface area (Å²) in [5.74, 6) is 0. The van der Waals surface area contributed by atoms with Crippen molar-refractivity contribution in [3.8, 4) is 0 Å². The predicted octanol–water partition coefficient (Wildman–Crippen LogP) is 1.80. The summed E-state index contributed by atoms with van der Waals surface area (Å²) in [6, 6.07) is 0.0877. The van der Waals surface area contributed by atoms with Crippen LogP contribution in [0.2, 0.25) is 0 Å². The minimum absolute atomic E-state index is 0.0877. The van der Waals surface area contributed by atoms with Crippen molar-refractivity contribution in [2.45, 2.75) is 17.7 Å². The van der Waals surface area contributed by atoms with Gasteiger partial charge in [0.05, 0.1) is 6.04 Å². The zero-order valence-corrected chi connectivity index (χ0v) is 12.0. The Balaban J connectivity index is 2.55. The molecular formula is C13H22N2O2S. The van der Waals surface area contributed by atoms with E-state index in [0.29, 0.717) is 6.54 Å². The van der Waals surface area contributed by atoms with Crippen molar-refractivity contribution in [1.29, 1.82) is 0 Å². The fourth-order valence-corrected chi connectivity index (χ4v) is 2.27. The van der Waals surface area contributed by atoms with Gasteiger partial charge in [-0.05, 0) is 20.5 Å². The molecule has 1 saturated heterocycles. The summed E-state index contributed by atoms with van der Waals surface area (Å²) < 4.78 is 5.07. The Morgan fingerprint density at radius 1 is 1.61 bits per heavy atom. The summed E-state index contributed by atoms with van der Waals surface area (Å²) >= 11 is 4.45. The van der Waals surface area contributed by atoms with E-state index >= 15 is 0 Å². The number of likely N-dealkylation sites (tertiary alicyclic amines) is 1. The first kappa shape index (κ1) is 15.1. The molecule has 102 valence electrons. The molecule has 0 spiro atoms. The van der Waals surface area contributed by atoms with Crippen molar-refractivity contribution >= 4 is 18.7 Å². The Morgan fingerprint density at radius 3 is 2.94 bits per heavy atom. The van der Waals surface area contributed by atoms with Gasteiger partial charge in [-0.1, -0.05) is 24.8 Å². The van der Waals surface area contributed by atoms with Crippen LogP contribution < -0.4 is 0 Å². The first-order valence-electron chi connectivity index (χ1n) is 6.08. The summed E-state index contributed by atoms with van der Waals surface area (Å²) in [5.41, 5.74) is 0. The highest BCUT2D eigenvalue weighted by Crippen LogP contribution is 2.23. The second-order valence-corrected chi connectivity index (χ2v) is 5.40. The van der Waals surface area contributed by atoms with Gasteiger partial charge in [0.1, 0.15) is 6.61 Å². The number of hydrogen-bond acceptors (Lipinski definition) is 4. The molecular weight excluding hydrogens is 248 g/mol. The lowest BCUT2D eigenvalue weighted by molar-refractivity contribution is 0.114. The van der Waals surface area contributed by atoms with Gasteiger partial charge in [-0.3, -0.25) is 0 Å². The van der Waals surface area contributed by atoms with Crippen molar-refractivity contribution in [3.63, 3.8) is 0 Å². The Morgan fingerprint density at radius 2 is 2.33 bits per heavy atom. The summed E-state index contributed by atoms with van der Waals surface area (Å²) in [4.78, 5) is 15.6. The van der Waals surface area contributed by atoms with Crippen LogP contribution in [0.25, 0.3) is 0 Å². The number of carbonyl (C=O) groups is 1. The molecule has 1 aliphatic heterocycles. The Labute approximate surface area is 115 Å². The van der Waals surface area contributed by atoms with Crippen molar-refractivity contribution in [1.82, 2.24) is 9.80 Å². The van der Waals surface area contributed by atoms with Gasteiger partial charge in [0.15, 0.2) is 0 Å². The molecule has 1 amide bonds. The molecule has 1 fully saturated rings. The highest BCUT2D eigenvalue weighted by Gasteiger charge is 2.32. The van der Waals surface area contributed by atoms with E-state index in [1.807, 2.05) is 14.1 Å². The lowest BCUT2D eigenvalue weighted by atomic mass is 10.2. The number of nitrogens with zero attached hydrogens (tertiary/aromatic N) is 2. The van der Waals surface area contributed by atoms with E-state index in [1.165, 1.54) is 0 Å². The molecule has 0 bridgehead atoms. The second kappa shape index (κ2) is 7.48. The third-order valence-electron chi connectivity index (χ3n) is 2.71. The molecule has 2 unspecified atom stereocenters. The minimum atomic E-state index is -0.286. The largest absolute Gasteiger partial charge is 0.445 e. The van der Waals surface area contributed by atoms with Gasteiger partial charge in [0.2, 0.25) is 0 Å². The predicted molar refractivity (Wildman–Crippen MR) is 77.1 cm³/mol. The zero-order chi connectivity index (χ0) is 13.5. The molecule has 5 heteroatoms. The molecule has 0 aromatic carbocycles. The molecule has 0 saturated carbocycles. The standard InChI is InChI=1S/C13H22N2O2S/c1-4-8-17-13(16)15-10-12(18)9-11(15)6-5-7-14(2)3/h4-6,11-12,18H,1,7-10H2,2-3H3/b6-5-. The van der Waals surface area contributed by atoms with E-state index in [2.05, 4.69) is 36.3 Å². The Bertz CT molecular complexity index is 318. The smallest absolute Gasteiger partial charge is 0.410 e. The normalized spacial score (nSPS) is 23.9. The average Bonchev–Trinajstić information content (AvgIpc) is 2.67. The maximum absolute atomic E-state index is 11.8. The fourth-order valence-electron chi connectivity index (χ4n) is 1.88. The number of hydrogen-bond donors (Lipinski definition) is 1. The topological polar surface area (TPSA) is 32.8 Å². The van der Waals surface area contributed by atoms with Crippen molar-refractivity contribution in [2.24, 2.45) is 0 Å². The third-order valence-corrected chi connectivity index (χ3v) is 3.08. The van der Waals surface area contributed by atoms with E-state index in [1.54, 1.807) is 11.0 Å². The van der Waals surface area contributed by atoms with Crippen LogP contribution in [0.4, 0.5) is 4.79 Å². The average molecular weight is 270 g/mol. The number of rotatable bonds is 5. The Kier molecular flexibility index (Phi) is 6.29. The van der Waals surface area contributed by atoms with Crippen LogP contribution in [0.1, 0.15) is 6.42 Å². The van der Waals surface area contributed by atoms with Gasteiger partial charge in [-0.2, -0.15) is 12.6 Å². The van der Waals surface area contributed by atoms with Crippen LogP contribution in [0, 0.1) is 0 Å². The number of ether oxygens (including phenoxy) is 1. The maximum Gasteiger partial charge on any atom is 0.410 e. The van der Waals surface area contributed by atoms with Crippen LogP contribution >= 0.6 is 12.6 Å². The monoisotopic (exact) mass is 270 g/mol. The summed E-state index contributed by atoms with van der Waals surface area (Å²) in [5, 5.41) is 0.218. The van der Waals surface area contributed by atoms with Crippen LogP contribution in [0.3, 0.4) is 0 Å². The van der Waals surface area contributed by atoms with E-state index in [-0.39, 0.29) is 24.0 Å². The highest BCUT2D eigenvalue weighted by molar-refractivity contribution is 7.81. The molecule has 1 rings (SSSR count). The molecule has 1 heterocycles. The van der Waals surface area contributed by atoms with Crippen LogP contribution in [-0.2, 0) is 4.74 Å². The van der Waals surface area contributed by atoms with Gasteiger partial charge < -0.3 is 14.5 Å².